The lowest BCUT2D eigenvalue weighted by molar-refractivity contribution is 0.0137. The van der Waals surface area contributed by atoms with Gasteiger partial charge in [-0.25, -0.2) is 4.79 Å². The number of nitrogens with zero attached hydrogens (tertiary/aromatic N) is 4. The van der Waals surface area contributed by atoms with Gasteiger partial charge in [0.05, 0.1) is 12.6 Å². The van der Waals surface area contributed by atoms with Gasteiger partial charge < -0.3 is 24.8 Å². The highest BCUT2D eigenvalue weighted by atomic mass is 127. The number of guanidine groups is 1. The number of ether oxygens (including phenoxy) is 1. The van der Waals surface area contributed by atoms with Gasteiger partial charge in [0.2, 0.25) is 0 Å². The van der Waals surface area contributed by atoms with Crippen LogP contribution in [0.3, 0.4) is 0 Å². The van der Waals surface area contributed by atoms with Gasteiger partial charge in [0.25, 0.3) is 0 Å². The van der Waals surface area contributed by atoms with E-state index in [2.05, 4.69) is 29.0 Å². The quantitative estimate of drug-likeness (QED) is 0.596. The first kappa shape index (κ1) is 23.5. The molecule has 0 radical (unpaired) electrons. The maximum Gasteiger partial charge on any atom is 0.410 e. The summed E-state index contributed by atoms with van der Waals surface area (Å²) in [5.74, 6) is 1.71. The summed E-state index contributed by atoms with van der Waals surface area (Å²) in [5.41, 5.74) is -0.447. The molecule has 2 unspecified atom stereocenters. The van der Waals surface area contributed by atoms with E-state index in [-0.39, 0.29) is 36.1 Å². The Balaban J connectivity index is 0.00000280. The van der Waals surface area contributed by atoms with E-state index in [9.17, 15) is 4.79 Å². The summed E-state index contributed by atoms with van der Waals surface area (Å²) in [7, 11) is 0. The van der Waals surface area contributed by atoms with Gasteiger partial charge in [-0.1, -0.05) is 0 Å². The zero-order valence-corrected chi connectivity index (χ0v) is 20.4. The molecule has 2 fully saturated rings. The number of carbonyl (C=O) groups is 1. The lowest BCUT2D eigenvalue weighted by Gasteiger charge is -2.40. The third kappa shape index (κ3) is 6.11. The summed E-state index contributed by atoms with van der Waals surface area (Å²) in [6.07, 6.45) is 2.37. The maximum absolute atomic E-state index is 12.3. The second-order valence-electron chi connectivity index (χ2n) is 9.42. The van der Waals surface area contributed by atoms with Gasteiger partial charge in [-0.15, -0.1) is 24.0 Å². The minimum Gasteiger partial charge on any atom is -0.444 e. The molecule has 3 heterocycles. The first-order valence-electron chi connectivity index (χ1n) is 10.5. The van der Waals surface area contributed by atoms with Crippen LogP contribution >= 0.6 is 24.0 Å². The zero-order valence-electron chi connectivity index (χ0n) is 18.1. The first-order valence-corrected chi connectivity index (χ1v) is 10.5. The fourth-order valence-corrected chi connectivity index (χ4v) is 4.19. The Labute approximate surface area is 187 Å². The van der Waals surface area contributed by atoms with Crippen LogP contribution in [0.4, 0.5) is 4.79 Å². The smallest absolute Gasteiger partial charge is 0.410 e. The SMILES string of the molecule is CC(C)N1CCCC(CNC2=NCC3CN(C(=O)OC(C)(C)C)CCN23)C1.I. The largest absolute Gasteiger partial charge is 0.444 e. The number of nitrogens with one attached hydrogen (secondary N) is 1. The molecule has 28 heavy (non-hydrogen) atoms. The molecule has 8 heteroatoms. The summed E-state index contributed by atoms with van der Waals surface area (Å²) in [6.45, 7) is 16.6. The van der Waals surface area contributed by atoms with Crippen LogP contribution in [0.5, 0.6) is 0 Å². The Morgan fingerprint density at radius 2 is 2.00 bits per heavy atom. The van der Waals surface area contributed by atoms with Crippen LogP contribution in [0, 0.1) is 5.92 Å². The molecular weight excluding hydrogens is 469 g/mol. The van der Waals surface area contributed by atoms with Crippen LogP contribution in [0.15, 0.2) is 4.99 Å². The van der Waals surface area contributed by atoms with E-state index in [4.69, 9.17) is 9.73 Å². The van der Waals surface area contributed by atoms with E-state index in [0.29, 0.717) is 25.0 Å². The topological polar surface area (TPSA) is 60.4 Å². The molecule has 3 aliphatic heterocycles. The molecule has 0 aliphatic carbocycles. The molecule has 1 N–H and O–H groups in total. The van der Waals surface area contributed by atoms with Gasteiger partial charge in [-0.2, -0.15) is 0 Å². The number of aliphatic imine (C=N–C) groups is 1. The molecule has 2 atom stereocenters. The highest BCUT2D eigenvalue weighted by Crippen LogP contribution is 2.20. The Bertz CT molecular complexity index is 563. The monoisotopic (exact) mass is 507 g/mol. The van der Waals surface area contributed by atoms with Crippen molar-refractivity contribution in [1.29, 1.82) is 0 Å². The third-order valence-electron chi connectivity index (χ3n) is 5.69. The van der Waals surface area contributed by atoms with Gasteiger partial charge in [-0.3, -0.25) is 4.99 Å². The van der Waals surface area contributed by atoms with Crippen LogP contribution in [0.25, 0.3) is 0 Å². The highest BCUT2D eigenvalue weighted by Gasteiger charge is 2.36. The summed E-state index contributed by atoms with van der Waals surface area (Å²) < 4.78 is 5.52. The number of rotatable bonds is 3. The molecular formula is C20H38IN5O2. The fourth-order valence-electron chi connectivity index (χ4n) is 4.19. The predicted octanol–water partition coefficient (Wildman–Crippen LogP) is 2.61. The van der Waals surface area contributed by atoms with Crippen molar-refractivity contribution >= 4 is 36.0 Å². The number of amides is 1. The molecule has 0 aromatic carbocycles. The van der Waals surface area contributed by atoms with Crippen LogP contribution in [0.1, 0.15) is 47.5 Å². The maximum atomic E-state index is 12.3. The normalized spacial score (nSPS) is 25.9. The molecule has 0 saturated carbocycles. The second-order valence-corrected chi connectivity index (χ2v) is 9.42. The number of carbonyl (C=O) groups excluding carboxylic acids is 1. The van der Waals surface area contributed by atoms with Crippen molar-refractivity contribution in [3.8, 4) is 0 Å². The van der Waals surface area contributed by atoms with E-state index in [1.807, 2.05) is 25.7 Å². The standard InChI is InChI=1S/C20H37N5O2.HI/c1-15(2)23-8-6-7-16(13-23)11-21-18-22-12-17-14-24(9-10-25(17)18)19(26)27-20(3,4)5;/h15-17H,6-14H2,1-5H3,(H,21,22);1H. The Hall–Kier alpha value is -0.770. The molecule has 3 aliphatic rings. The van der Waals surface area contributed by atoms with Crippen molar-refractivity contribution in [1.82, 2.24) is 20.0 Å². The van der Waals surface area contributed by atoms with Crippen LogP contribution in [-0.4, -0.2) is 90.3 Å². The lowest BCUT2D eigenvalue weighted by Crippen LogP contribution is -2.58. The second kappa shape index (κ2) is 9.82. The van der Waals surface area contributed by atoms with Gasteiger partial charge in [0, 0.05) is 38.8 Å². The minimum atomic E-state index is -0.447. The van der Waals surface area contributed by atoms with Crippen LogP contribution < -0.4 is 5.32 Å². The average Bonchev–Trinajstić information content (AvgIpc) is 3.01. The van der Waals surface area contributed by atoms with E-state index < -0.39 is 5.60 Å². The molecule has 0 bridgehead atoms. The number of hydrogen-bond donors (Lipinski definition) is 1. The van der Waals surface area contributed by atoms with Crippen LogP contribution in [-0.2, 0) is 4.74 Å². The summed E-state index contributed by atoms with van der Waals surface area (Å²) in [5, 5.41) is 3.61. The average molecular weight is 507 g/mol. The number of likely N-dealkylation sites (tertiary alicyclic amines) is 1. The third-order valence-corrected chi connectivity index (χ3v) is 5.69. The van der Waals surface area contributed by atoms with E-state index in [0.717, 1.165) is 25.6 Å². The van der Waals surface area contributed by atoms with E-state index in [1.165, 1.54) is 25.9 Å². The molecule has 162 valence electrons. The number of piperazine rings is 1. The fraction of sp³-hybridized carbons (Fsp3) is 0.900. The Morgan fingerprint density at radius 1 is 1.25 bits per heavy atom. The molecule has 3 rings (SSSR count). The van der Waals surface area contributed by atoms with E-state index >= 15 is 0 Å². The molecule has 1 amide bonds. The lowest BCUT2D eigenvalue weighted by atomic mass is 9.97. The van der Waals surface area contributed by atoms with Crippen LogP contribution in [0.2, 0.25) is 0 Å². The van der Waals surface area contributed by atoms with Gasteiger partial charge >= 0.3 is 6.09 Å². The van der Waals surface area contributed by atoms with Crippen molar-refractivity contribution < 1.29 is 9.53 Å². The number of hydrogen-bond acceptors (Lipinski definition) is 6. The minimum absolute atomic E-state index is 0. The molecule has 0 aromatic heterocycles. The first-order chi connectivity index (χ1) is 12.7. The highest BCUT2D eigenvalue weighted by molar-refractivity contribution is 14.0. The number of fused-ring (bicyclic) bond motifs is 1. The molecule has 0 spiro atoms. The zero-order chi connectivity index (χ0) is 19.6. The van der Waals surface area contributed by atoms with Gasteiger partial charge in [0.15, 0.2) is 5.96 Å². The van der Waals surface area contributed by atoms with Crippen molar-refractivity contribution in [2.45, 2.75) is 65.1 Å². The van der Waals surface area contributed by atoms with E-state index in [1.54, 1.807) is 0 Å². The van der Waals surface area contributed by atoms with Gasteiger partial charge in [0.1, 0.15) is 5.60 Å². The van der Waals surface area contributed by atoms with Crippen molar-refractivity contribution in [3.63, 3.8) is 0 Å². The summed E-state index contributed by atoms with van der Waals surface area (Å²) >= 11 is 0. The number of halogens is 1. The molecule has 2 saturated heterocycles. The Morgan fingerprint density at radius 3 is 2.68 bits per heavy atom. The summed E-state index contributed by atoms with van der Waals surface area (Å²) in [4.78, 5) is 23.8. The van der Waals surface area contributed by atoms with Crippen molar-refractivity contribution in [2.24, 2.45) is 10.9 Å². The Kier molecular flexibility index (Phi) is 8.25. The predicted molar refractivity (Wildman–Crippen MR) is 123 cm³/mol. The van der Waals surface area contributed by atoms with Crippen molar-refractivity contribution in [2.75, 3.05) is 45.8 Å². The van der Waals surface area contributed by atoms with Crippen molar-refractivity contribution in [3.05, 3.63) is 0 Å². The molecule has 7 nitrogen and oxygen atoms in total. The molecule has 0 aromatic rings. The summed E-state index contributed by atoms with van der Waals surface area (Å²) in [6, 6.07) is 0.897. The van der Waals surface area contributed by atoms with Gasteiger partial charge in [-0.05, 0) is 59.9 Å². The number of piperidine rings is 1.